The number of aliphatic hydroxyl groups excluding tert-OH is 1. The highest BCUT2D eigenvalue weighted by Gasteiger charge is 2.20. The van der Waals surface area contributed by atoms with E-state index in [0.29, 0.717) is 13.2 Å². The number of hydrogen-bond acceptors (Lipinski definition) is 3. The molecule has 3 nitrogen and oxygen atoms in total. The van der Waals surface area contributed by atoms with Crippen LogP contribution in [0.5, 0.6) is 0 Å². The number of rotatable bonds is 7. The molecule has 0 amide bonds. The van der Waals surface area contributed by atoms with E-state index in [1.807, 2.05) is 0 Å². The number of benzene rings is 1. The molecule has 2 rings (SSSR count). The van der Waals surface area contributed by atoms with E-state index < -0.39 is 6.10 Å². The maximum atomic E-state index is 9.87. The maximum absolute atomic E-state index is 9.87. The van der Waals surface area contributed by atoms with Crippen LogP contribution in [0.15, 0.2) is 24.3 Å². The predicted octanol–water partition coefficient (Wildman–Crippen LogP) is 2.44. The van der Waals surface area contributed by atoms with Crippen LogP contribution in [0, 0.1) is 0 Å². The Bertz CT molecular complexity index is 381. The van der Waals surface area contributed by atoms with E-state index in [2.05, 4.69) is 36.5 Å². The third-order valence-electron chi connectivity index (χ3n) is 3.61. The summed E-state index contributed by atoms with van der Waals surface area (Å²) in [6, 6.07) is 8.50. The molecule has 1 aromatic rings. The average Bonchev–Trinajstić information content (AvgIpc) is 2.45. The van der Waals surface area contributed by atoms with Crippen molar-refractivity contribution in [3.8, 4) is 0 Å². The van der Waals surface area contributed by atoms with E-state index >= 15 is 0 Å². The van der Waals surface area contributed by atoms with Gasteiger partial charge in [-0.3, -0.25) is 0 Å². The van der Waals surface area contributed by atoms with Gasteiger partial charge < -0.3 is 15.2 Å². The van der Waals surface area contributed by atoms with Crippen molar-refractivity contribution in [3.63, 3.8) is 0 Å². The van der Waals surface area contributed by atoms with Crippen LogP contribution < -0.4 is 5.32 Å². The summed E-state index contributed by atoms with van der Waals surface area (Å²) in [5.41, 5.74) is 2.71. The number of aliphatic hydroxyl groups is 1. The number of aryl methyl sites for hydroxylation is 1. The Hall–Kier alpha value is -0.900. The summed E-state index contributed by atoms with van der Waals surface area (Å²) < 4.78 is 5.91. The third-order valence-corrected chi connectivity index (χ3v) is 3.61. The second kappa shape index (κ2) is 7.63. The Balaban J connectivity index is 1.80. The van der Waals surface area contributed by atoms with Crippen molar-refractivity contribution in [2.45, 2.75) is 44.8 Å². The fourth-order valence-electron chi connectivity index (χ4n) is 2.61. The molecular formula is C16H25NO2. The molecule has 0 saturated carbocycles. The van der Waals surface area contributed by atoms with Crippen LogP contribution in [0.1, 0.15) is 43.4 Å². The number of ether oxygens (including phenoxy) is 1. The molecule has 0 aromatic heterocycles. The molecule has 2 unspecified atom stereocenters. The number of fused-ring (bicyclic) bond motifs is 1. The van der Waals surface area contributed by atoms with Crippen molar-refractivity contribution in [1.29, 1.82) is 0 Å². The Morgan fingerprint density at radius 1 is 1.42 bits per heavy atom. The summed E-state index contributed by atoms with van der Waals surface area (Å²) in [6.45, 7) is 4.09. The Kier molecular flexibility index (Phi) is 5.83. The molecule has 0 aliphatic heterocycles. The second-order valence-electron chi connectivity index (χ2n) is 5.27. The molecule has 0 saturated heterocycles. The normalized spacial score (nSPS) is 20.0. The lowest BCUT2D eigenvalue weighted by Crippen LogP contribution is -2.31. The summed E-state index contributed by atoms with van der Waals surface area (Å²) in [5.74, 6) is 0. The van der Waals surface area contributed by atoms with Gasteiger partial charge in [-0.2, -0.15) is 0 Å². The standard InChI is InChI=1S/C16H25NO2/c1-2-10-17-11-14(18)12-19-16-9-5-7-13-6-3-4-8-15(13)16/h3-4,6,8,14,16-18H,2,5,7,9-12H2,1H3. The highest BCUT2D eigenvalue weighted by molar-refractivity contribution is 5.31. The molecule has 19 heavy (non-hydrogen) atoms. The fourth-order valence-corrected chi connectivity index (χ4v) is 2.61. The smallest absolute Gasteiger partial charge is 0.0897 e. The van der Waals surface area contributed by atoms with Crippen LogP contribution >= 0.6 is 0 Å². The zero-order valence-corrected chi connectivity index (χ0v) is 11.8. The van der Waals surface area contributed by atoms with Gasteiger partial charge in [-0.1, -0.05) is 31.2 Å². The van der Waals surface area contributed by atoms with Crippen molar-refractivity contribution in [1.82, 2.24) is 5.32 Å². The summed E-state index contributed by atoms with van der Waals surface area (Å²) in [4.78, 5) is 0. The molecule has 0 bridgehead atoms. The largest absolute Gasteiger partial charge is 0.389 e. The van der Waals surface area contributed by atoms with Gasteiger partial charge in [-0.25, -0.2) is 0 Å². The monoisotopic (exact) mass is 263 g/mol. The second-order valence-corrected chi connectivity index (χ2v) is 5.27. The van der Waals surface area contributed by atoms with E-state index in [1.165, 1.54) is 17.5 Å². The van der Waals surface area contributed by atoms with Crippen LogP contribution in [-0.4, -0.2) is 30.9 Å². The minimum Gasteiger partial charge on any atom is -0.389 e. The molecule has 0 heterocycles. The quantitative estimate of drug-likeness (QED) is 0.742. The third kappa shape index (κ3) is 4.30. The number of hydrogen-bond donors (Lipinski definition) is 2. The van der Waals surface area contributed by atoms with Gasteiger partial charge in [0, 0.05) is 6.54 Å². The predicted molar refractivity (Wildman–Crippen MR) is 77.2 cm³/mol. The molecule has 1 aliphatic rings. The van der Waals surface area contributed by atoms with E-state index in [0.717, 1.165) is 25.8 Å². The zero-order valence-electron chi connectivity index (χ0n) is 11.8. The first-order chi connectivity index (χ1) is 9.31. The fraction of sp³-hybridized carbons (Fsp3) is 0.625. The van der Waals surface area contributed by atoms with Gasteiger partial charge >= 0.3 is 0 Å². The maximum Gasteiger partial charge on any atom is 0.0897 e. The first kappa shape index (κ1) is 14.5. The average molecular weight is 263 g/mol. The summed E-state index contributed by atoms with van der Waals surface area (Å²) >= 11 is 0. The lowest BCUT2D eigenvalue weighted by molar-refractivity contribution is -0.0166. The van der Waals surface area contributed by atoms with Gasteiger partial charge in [0.2, 0.25) is 0 Å². The van der Waals surface area contributed by atoms with Crippen LogP contribution in [-0.2, 0) is 11.2 Å². The van der Waals surface area contributed by atoms with Crippen molar-refractivity contribution >= 4 is 0 Å². The molecular weight excluding hydrogens is 238 g/mol. The highest BCUT2D eigenvalue weighted by Crippen LogP contribution is 2.32. The molecule has 2 N–H and O–H groups in total. The van der Waals surface area contributed by atoms with Crippen molar-refractivity contribution in [2.24, 2.45) is 0 Å². The molecule has 0 fully saturated rings. The van der Waals surface area contributed by atoms with E-state index in [9.17, 15) is 5.11 Å². The van der Waals surface area contributed by atoms with Gasteiger partial charge in [-0.15, -0.1) is 0 Å². The Morgan fingerprint density at radius 3 is 3.11 bits per heavy atom. The van der Waals surface area contributed by atoms with Crippen molar-refractivity contribution in [3.05, 3.63) is 35.4 Å². The lowest BCUT2D eigenvalue weighted by atomic mass is 9.89. The minimum absolute atomic E-state index is 0.158. The first-order valence-corrected chi connectivity index (χ1v) is 7.39. The lowest BCUT2D eigenvalue weighted by Gasteiger charge is -2.26. The summed E-state index contributed by atoms with van der Waals surface area (Å²) in [6.07, 6.45) is 4.21. The summed E-state index contributed by atoms with van der Waals surface area (Å²) in [7, 11) is 0. The van der Waals surface area contributed by atoms with Crippen LogP contribution in [0.2, 0.25) is 0 Å². The van der Waals surface area contributed by atoms with E-state index in [4.69, 9.17) is 4.74 Å². The Morgan fingerprint density at radius 2 is 2.26 bits per heavy atom. The first-order valence-electron chi connectivity index (χ1n) is 7.39. The van der Waals surface area contributed by atoms with Crippen LogP contribution in [0.3, 0.4) is 0 Å². The van der Waals surface area contributed by atoms with Gasteiger partial charge in [0.25, 0.3) is 0 Å². The van der Waals surface area contributed by atoms with E-state index in [-0.39, 0.29) is 6.10 Å². The van der Waals surface area contributed by atoms with E-state index in [1.54, 1.807) is 0 Å². The molecule has 1 aliphatic carbocycles. The molecule has 1 aromatic carbocycles. The molecule has 0 radical (unpaired) electrons. The van der Waals surface area contributed by atoms with Crippen LogP contribution in [0.25, 0.3) is 0 Å². The molecule has 0 spiro atoms. The number of nitrogens with one attached hydrogen (secondary N) is 1. The van der Waals surface area contributed by atoms with Gasteiger partial charge in [0.05, 0.1) is 18.8 Å². The molecule has 2 atom stereocenters. The van der Waals surface area contributed by atoms with Gasteiger partial charge in [-0.05, 0) is 43.4 Å². The highest BCUT2D eigenvalue weighted by atomic mass is 16.5. The molecule has 106 valence electrons. The minimum atomic E-state index is -0.416. The SMILES string of the molecule is CCCNCC(O)COC1CCCc2ccccc21. The molecule has 3 heteroatoms. The van der Waals surface area contributed by atoms with Gasteiger partial charge in [0.15, 0.2) is 0 Å². The van der Waals surface area contributed by atoms with Crippen LogP contribution in [0.4, 0.5) is 0 Å². The van der Waals surface area contributed by atoms with Gasteiger partial charge in [0.1, 0.15) is 0 Å². The summed E-state index contributed by atoms with van der Waals surface area (Å²) in [5, 5.41) is 13.1. The Labute approximate surface area is 116 Å². The van der Waals surface area contributed by atoms with Crippen molar-refractivity contribution in [2.75, 3.05) is 19.7 Å². The topological polar surface area (TPSA) is 41.5 Å². The zero-order chi connectivity index (χ0) is 13.5. The van der Waals surface area contributed by atoms with Crippen molar-refractivity contribution < 1.29 is 9.84 Å².